The van der Waals surface area contributed by atoms with E-state index in [0.29, 0.717) is 6.54 Å². The van der Waals surface area contributed by atoms with Crippen molar-refractivity contribution in [1.82, 2.24) is 5.01 Å². The summed E-state index contributed by atoms with van der Waals surface area (Å²) in [6.45, 7) is 0.112. The molecule has 0 fully saturated rings. The summed E-state index contributed by atoms with van der Waals surface area (Å²) in [5.74, 6) is 3.92. The summed E-state index contributed by atoms with van der Waals surface area (Å²) in [5, 5.41) is 19.3. The van der Waals surface area contributed by atoms with E-state index in [1.807, 2.05) is 54.6 Å². The maximum absolute atomic E-state index is 10.9. The molecule has 0 radical (unpaired) electrons. The summed E-state index contributed by atoms with van der Waals surface area (Å²) < 4.78 is 0. The molecule has 22 heavy (non-hydrogen) atoms. The molecule has 1 atom stereocenters. The Morgan fingerprint density at radius 3 is 2.18 bits per heavy atom. The molecule has 0 aliphatic heterocycles. The van der Waals surface area contributed by atoms with E-state index in [0.717, 1.165) is 16.7 Å². The summed E-state index contributed by atoms with van der Waals surface area (Å²) in [6.07, 6.45) is 0. The van der Waals surface area contributed by atoms with Crippen LogP contribution in [0.25, 0.3) is 11.1 Å². The highest BCUT2D eigenvalue weighted by molar-refractivity contribution is 5.70. The minimum atomic E-state index is -1.04. The number of carboxylic acid groups (broad SMARTS) is 1. The Morgan fingerprint density at radius 2 is 1.64 bits per heavy atom. The van der Waals surface area contributed by atoms with Crippen molar-refractivity contribution in [2.45, 2.75) is 6.54 Å². The highest BCUT2D eigenvalue weighted by Gasteiger charge is 2.18. The van der Waals surface area contributed by atoms with E-state index in [1.165, 1.54) is 5.01 Å². The van der Waals surface area contributed by atoms with E-state index >= 15 is 0 Å². The second kappa shape index (κ2) is 7.70. The van der Waals surface area contributed by atoms with Gasteiger partial charge in [0.15, 0.2) is 0 Å². The van der Waals surface area contributed by atoms with Crippen molar-refractivity contribution in [2.75, 3.05) is 13.2 Å². The highest BCUT2D eigenvalue weighted by Crippen LogP contribution is 2.19. The van der Waals surface area contributed by atoms with Gasteiger partial charge in [-0.2, -0.15) is 0 Å². The molecule has 0 aromatic heterocycles. The fourth-order valence-electron chi connectivity index (χ4n) is 2.23. The number of nitrogens with two attached hydrogens (primary N) is 1. The molecule has 2 aromatic carbocycles. The van der Waals surface area contributed by atoms with Gasteiger partial charge < -0.3 is 10.2 Å². The van der Waals surface area contributed by atoms with Crippen LogP contribution in [0.15, 0.2) is 54.6 Å². The SMILES string of the molecule is NN(Cc1ccc(-c2ccccc2)cc1)C[C@H](CO)C(=O)O. The minimum Gasteiger partial charge on any atom is -0.481 e. The van der Waals surface area contributed by atoms with Crippen molar-refractivity contribution >= 4 is 5.97 Å². The number of benzene rings is 2. The van der Waals surface area contributed by atoms with E-state index in [9.17, 15) is 4.79 Å². The first-order chi connectivity index (χ1) is 10.6. The molecule has 0 bridgehead atoms. The molecule has 5 heteroatoms. The van der Waals surface area contributed by atoms with Crippen molar-refractivity contribution in [3.05, 3.63) is 60.2 Å². The molecule has 0 spiro atoms. The summed E-state index contributed by atoms with van der Waals surface area (Å²) in [5.41, 5.74) is 3.25. The number of aliphatic carboxylic acids is 1. The maximum Gasteiger partial charge on any atom is 0.310 e. The lowest BCUT2D eigenvalue weighted by molar-refractivity contribution is -0.143. The van der Waals surface area contributed by atoms with Gasteiger partial charge in [0, 0.05) is 13.1 Å². The molecule has 0 saturated heterocycles. The standard InChI is InChI=1S/C17H20N2O3/c18-19(11-16(12-20)17(21)22)10-13-6-8-15(9-7-13)14-4-2-1-3-5-14/h1-9,16,20H,10-12,18H2,(H,21,22)/t16-/m1/s1. The Bertz CT molecular complexity index is 599. The topological polar surface area (TPSA) is 86.8 Å². The number of carboxylic acids is 1. The number of carbonyl (C=O) groups is 1. The number of aliphatic hydroxyl groups excluding tert-OH is 1. The zero-order chi connectivity index (χ0) is 15.9. The third-order valence-electron chi connectivity index (χ3n) is 3.47. The first-order valence-corrected chi connectivity index (χ1v) is 7.08. The zero-order valence-electron chi connectivity index (χ0n) is 12.2. The Labute approximate surface area is 129 Å². The van der Waals surface area contributed by atoms with Gasteiger partial charge in [-0.1, -0.05) is 54.6 Å². The van der Waals surface area contributed by atoms with Gasteiger partial charge in [-0.15, -0.1) is 0 Å². The second-order valence-corrected chi connectivity index (χ2v) is 5.21. The van der Waals surface area contributed by atoms with Crippen LogP contribution in [0.4, 0.5) is 0 Å². The van der Waals surface area contributed by atoms with Crippen LogP contribution >= 0.6 is 0 Å². The van der Waals surface area contributed by atoms with Crippen LogP contribution in [0.5, 0.6) is 0 Å². The van der Waals surface area contributed by atoms with Gasteiger partial charge in [0.05, 0.1) is 12.5 Å². The molecule has 0 unspecified atom stereocenters. The molecule has 2 aromatic rings. The normalized spacial score (nSPS) is 12.3. The van der Waals surface area contributed by atoms with Gasteiger partial charge in [-0.25, -0.2) is 5.01 Å². The lowest BCUT2D eigenvalue weighted by Crippen LogP contribution is -2.39. The van der Waals surface area contributed by atoms with Crippen molar-refractivity contribution in [2.24, 2.45) is 11.8 Å². The first-order valence-electron chi connectivity index (χ1n) is 7.08. The van der Waals surface area contributed by atoms with Gasteiger partial charge in [0.2, 0.25) is 0 Å². The Hall–Kier alpha value is -2.21. The number of aliphatic hydroxyl groups is 1. The molecular weight excluding hydrogens is 280 g/mol. The van der Waals surface area contributed by atoms with Crippen LogP contribution in [0.1, 0.15) is 5.56 Å². The fourth-order valence-corrected chi connectivity index (χ4v) is 2.23. The van der Waals surface area contributed by atoms with Gasteiger partial charge in [-0.05, 0) is 16.7 Å². The van der Waals surface area contributed by atoms with Crippen LogP contribution in [0.3, 0.4) is 0 Å². The maximum atomic E-state index is 10.9. The zero-order valence-corrected chi connectivity index (χ0v) is 12.2. The Kier molecular flexibility index (Phi) is 5.66. The average molecular weight is 300 g/mol. The molecule has 0 aliphatic rings. The quantitative estimate of drug-likeness (QED) is 0.535. The molecule has 0 heterocycles. The summed E-state index contributed by atoms with van der Waals surface area (Å²) in [4.78, 5) is 10.9. The Morgan fingerprint density at radius 1 is 1.05 bits per heavy atom. The van der Waals surface area contributed by atoms with Crippen LogP contribution < -0.4 is 5.84 Å². The predicted molar refractivity (Wildman–Crippen MR) is 84.7 cm³/mol. The minimum absolute atomic E-state index is 0.103. The van der Waals surface area contributed by atoms with E-state index in [2.05, 4.69) is 0 Å². The van der Waals surface area contributed by atoms with Gasteiger partial charge >= 0.3 is 5.97 Å². The van der Waals surface area contributed by atoms with Crippen LogP contribution in [-0.2, 0) is 11.3 Å². The third kappa shape index (κ3) is 4.39. The number of hydrogen-bond donors (Lipinski definition) is 3. The molecule has 4 N–H and O–H groups in total. The predicted octanol–water partition coefficient (Wildman–Crippen LogP) is 1.72. The van der Waals surface area contributed by atoms with Gasteiger partial charge in [0.25, 0.3) is 0 Å². The average Bonchev–Trinajstić information content (AvgIpc) is 2.54. The third-order valence-corrected chi connectivity index (χ3v) is 3.47. The molecule has 0 aliphatic carbocycles. The van der Waals surface area contributed by atoms with Crippen molar-refractivity contribution < 1.29 is 15.0 Å². The number of rotatable bonds is 7. The highest BCUT2D eigenvalue weighted by atomic mass is 16.4. The molecule has 0 saturated carbocycles. The smallest absolute Gasteiger partial charge is 0.310 e. The van der Waals surface area contributed by atoms with Crippen LogP contribution in [-0.4, -0.2) is 34.3 Å². The molecule has 5 nitrogen and oxygen atoms in total. The number of hydrazine groups is 1. The van der Waals surface area contributed by atoms with Crippen LogP contribution in [0, 0.1) is 5.92 Å². The van der Waals surface area contributed by atoms with Crippen molar-refractivity contribution in [3.8, 4) is 11.1 Å². The lowest BCUT2D eigenvalue weighted by Gasteiger charge is -2.19. The summed E-state index contributed by atoms with van der Waals surface area (Å²) >= 11 is 0. The lowest BCUT2D eigenvalue weighted by atomic mass is 10.0. The second-order valence-electron chi connectivity index (χ2n) is 5.21. The number of nitrogens with zero attached hydrogens (tertiary/aromatic N) is 1. The van der Waals surface area contributed by atoms with E-state index in [4.69, 9.17) is 16.1 Å². The first kappa shape index (κ1) is 16.2. The molecule has 2 rings (SSSR count). The summed E-state index contributed by atoms with van der Waals surface area (Å²) in [7, 11) is 0. The van der Waals surface area contributed by atoms with E-state index in [-0.39, 0.29) is 6.54 Å². The summed E-state index contributed by atoms with van der Waals surface area (Å²) in [6, 6.07) is 18.0. The Balaban J connectivity index is 1.98. The number of hydrogen-bond acceptors (Lipinski definition) is 4. The van der Waals surface area contributed by atoms with Gasteiger partial charge in [-0.3, -0.25) is 10.6 Å². The fraction of sp³-hybridized carbons (Fsp3) is 0.235. The molecule has 116 valence electrons. The molecular formula is C17H20N2O3. The largest absolute Gasteiger partial charge is 0.481 e. The molecule has 0 amide bonds. The van der Waals surface area contributed by atoms with E-state index < -0.39 is 18.5 Å². The van der Waals surface area contributed by atoms with Crippen molar-refractivity contribution in [3.63, 3.8) is 0 Å². The van der Waals surface area contributed by atoms with E-state index in [1.54, 1.807) is 0 Å². The van der Waals surface area contributed by atoms with Crippen molar-refractivity contribution in [1.29, 1.82) is 0 Å². The monoisotopic (exact) mass is 300 g/mol. The van der Waals surface area contributed by atoms with Crippen LogP contribution in [0.2, 0.25) is 0 Å². The van der Waals surface area contributed by atoms with Gasteiger partial charge in [0.1, 0.15) is 0 Å².